The maximum atomic E-state index is 14.2. The summed E-state index contributed by atoms with van der Waals surface area (Å²) in [4.78, 5) is 15.8. The highest BCUT2D eigenvalue weighted by molar-refractivity contribution is 6.31. The third-order valence-corrected chi connectivity index (χ3v) is 4.48. The number of unbranched alkanes of at least 4 members (excludes halogenated alkanes) is 1. The predicted octanol–water partition coefficient (Wildman–Crippen LogP) is 4.17. The van der Waals surface area contributed by atoms with Crippen molar-refractivity contribution in [1.82, 2.24) is 19.9 Å². The van der Waals surface area contributed by atoms with E-state index in [1.165, 1.54) is 6.20 Å². The topological polar surface area (TPSA) is 86.7 Å². The summed E-state index contributed by atoms with van der Waals surface area (Å²) in [6.45, 7) is 2.20. The summed E-state index contributed by atoms with van der Waals surface area (Å²) in [5.74, 6) is 0.0787. The third kappa shape index (κ3) is 4.11. The Hall–Kier alpha value is -2.25. The van der Waals surface area contributed by atoms with Gasteiger partial charge < -0.3 is 15.4 Å². The van der Waals surface area contributed by atoms with Gasteiger partial charge in [0, 0.05) is 36.0 Å². The van der Waals surface area contributed by atoms with Gasteiger partial charge in [-0.2, -0.15) is 0 Å². The monoisotopic (exact) mass is 377 g/mol. The lowest BCUT2D eigenvalue weighted by atomic mass is 10.1. The molecule has 3 rings (SSSR count). The van der Waals surface area contributed by atoms with Gasteiger partial charge in [-0.15, -0.1) is 0 Å². The van der Waals surface area contributed by atoms with Gasteiger partial charge in [-0.05, 0) is 31.7 Å². The van der Waals surface area contributed by atoms with Gasteiger partial charge in [0.25, 0.3) is 0 Å². The summed E-state index contributed by atoms with van der Waals surface area (Å²) in [6.07, 6.45) is 7.73. The number of aliphatic hydroxyl groups excluding tert-OH is 1. The minimum absolute atomic E-state index is 0.0814. The number of aromatic nitrogens is 4. The van der Waals surface area contributed by atoms with E-state index in [9.17, 15) is 4.39 Å². The lowest BCUT2D eigenvalue weighted by Gasteiger charge is -2.18. The zero-order chi connectivity index (χ0) is 18.5. The zero-order valence-corrected chi connectivity index (χ0v) is 15.2. The first-order chi connectivity index (χ1) is 12.6. The fraction of sp³-hybridized carbons (Fsp3) is 0.389. The maximum Gasteiger partial charge on any atom is 0.183 e. The zero-order valence-electron chi connectivity index (χ0n) is 14.5. The Kier molecular flexibility index (Phi) is 6.00. The highest BCUT2D eigenvalue weighted by atomic mass is 35.5. The second-order valence-electron chi connectivity index (χ2n) is 6.11. The molecule has 0 amide bonds. The number of rotatable bonds is 8. The van der Waals surface area contributed by atoms with Crippen molar-refractivity contribution in [3.05, 3.63) is 35.5 Å². The normalized spacial score (nSPS) is 12.5. The minimum atomic E-state index is -0.495. The van der Waals surface area contributed by atoms with Gasteiger partial charge in [0.2, 0.25) is 0 Å². The lowest BCUT2D eigenvalue weighted by molar-refractivity contribution is 0.281. The molecule has 0 aliphatic heterocycles. The number of nitrogens with one attached hydrogen (secondary N) is 2. The Bertz CT molecular complexity index is 885. The van der Waals surface area contributed by atoms with E-state index in [4.69, 9.17) is 16.7 Å². The van der Waals surface area contributed by atoms with Crippen LogP contribution in [0, 0.1) is 5.82 Å². The second-order valence-corrected chi connectivity index (χ2v) is 6.55. The number of pyridine rings is 1. The Labute approximate surface area is 155 Å². The van der Waals surface area contributed by atoms with Crippen molar-refractivity contribution in [2.75, 3.05) is 11.9 Å². The van der Waals surface area contributed by atoms with Crippen molar-refractivity contribution in [2.45, 2.75) is 38.6 Å². The van der Waals surface area contributed by atoms with Crippen LogP contribution in [0.4, 0.5) is 10.2 Å². The van der Waals surface area contributed by atoms with E-state index in [2.05, 4.69) is 25.3 Å². The van der Waals surface area contributed by atoms with Crippen LogP contribution in [0.25, 0.3) is 22.4 Å². The largest absolute Gasteiger partial charge is 0.396 e. The van der Waals surface area contributed by atoms with Crippen LogP contribution in [0.3, 0.4) is 0 Å². The van der Waals surface area contributed by atoms with Crippen molar-refractivity contribution in [3.63, 3.8) is 0 Å². The van der Waals surface area contributed by atoms with Gasteiger partial charge in [-0.1, -0.05) is 18.5 Å². The van der Waals surface area contributed by atoms with Crippen molar-refractivity contribution < 1.29 is 9.50 Å². The number of anilines is 1. The summed E-state index contributed by atoms with van der Waals surface area (Å²) in [6, 6.07) is 1.86. The van der Waals surface area contributed by atoms with Gasteiger partial charge >= 0.3 is 0 Å². The second kappa shape index (κ2) is 8.42. The average Bonchev–Trinajstić information content (AvgIpc) is 3.05. The Morgan fingerprint density at radius 2 is 2.15 bits per heavy atom. The number of fused-ring (bicyclic) bond motifs is 1. The van der Waals surface area contributed by atoms with E-state index in [-0.39, 0.29) is 18.5 Å². The Morgan fingerprint density at radius 3 is 2.92 bits per heavy atom. The molecule has 138 valence electrons. The lowest BCUT2D eigenvalue weighted by Crippen LogP contribution is -2.20. The molecule has 3 aromatic rings. The Balaban J connectivity index is 1.88. The minimum Gasteiger partial charge on any atom is -0.396 e. The average molecular weight is 378 g/mol. The van der Waals surface area contributed by atoms with Crippen LogP contribution < -0.4 is 5.32 Å². The van der Waals surface area contributed by atoms with Gasteiger partial charge in [-0.25, -0.2) is 19.3 Å². The van der Waals surface area contributed by atoms with E-state index < -0.39 is 5.82 Å². The standard InChI is InChI=1S/C18H21ClFN5O/c1-2-12(5-3-4-6-26)24-18-15(20)10-23-17(25-18)14-9-22-16-13(14)7-11(19)8-21-16/h7-10,12,26H,2-6H2,1H3,(H,21,22)(H,23,24,25)/t12-/m0/s1. The van der Waals surface area contributed by atoms with E-state index in [0.29, 0.717) is 22.1 Å². The predicted molar refractivity (Wildman–Crippen MR) is 101 cm³/mol. The van der Waals surface area contributed by atoms with E-state index in [1.807, 2.05) is 6.92 Å². The number of nitrogens with zero attached hydrogens (tertiary/aromatic N) is 3. The van der Waals surface area contributed by atoms with Crippen molar-refractivity contribution in [3.8, 4) is 11.4 Å². The molecule has 26 heavy (non-hydrogen) atoms. The number of halogens is 2. The fourth-order valence-electron chi connectivity index (χ4n) is 2.84. The summed E-state index contributed by atoms with van der Waals surface area (Å²) in [7, 11) is 0. The Morgan fingerprint density at radius 1 is 1.31 bits per heavy atom. The van der Waals surface area contributed by atoms with Crippen LogP contribution >= 0.6 is 11.6 Å². The molecule has 0 saturated carbocycles. The smallest absolute Gasteiger partial charge is 0.183 e. The SMILES string of the molecule is CC[C@@H](CCCCO)Nc1nc(-c2c[nH]c3ncc(Cl)cc23)ncc1F. The summed E-state index contributed by atoms with van der Waals surface area (Å²) in [5.41, 5.74) is 1.38. The first kappa shape index (κ1) is 18.5. The molecule has 0 aromatic carbocycles. The van der Waals surface area contributed by atoms with E-state index >= 15 is 0 Å². The first-order valence-electron chi connectivity index (χ1n) is 8.65. The van der Waals surface area contributed by atoms with Crippen LogP contribution in [0.5, 0.6) is 0 Å². The molecule has 0 aliphatic rings. The summed E-state index contributed by atoms with van der Waals surface area (Å²) in [5, 5.41) is 13.4. The van der Waals surface area contributed by atoms with E-state index in [1.54, 1.807) is 18.5 Å². The molecule has 8 heteroatoms. The van der Waals surface area contributed by atoms with Crippen LogP contribution in [-0.2, 0) is 0 Å². The number of aliphatic hydroxyl groups is 1. The number of H-pyrrole nitrogens is 1. The highest BCUT2D eigenvalue weighted by Crippen LogP contribution is 2.28. The van der Waals surface area contributed by atoms with Crippen LogP contribution in [-0.4, -0.2) is 37.7 Å². The van der Waals surface area contributed by atoms with Gasteiger partial charge in [0.1, 0.15) is 5.65 Å². The van der Waals surface area contributed by atoms with Gasteiger partial charge in [-0.3, -0.25) is 0 Å². The number of aromatic amines is 1. The van der Waals surface area contributed by atoms with Crippen molar-refractivity contribution in [1.29, 1.82) is 0 Å². The molecule has 0 aliphatic carbocycles. The molecule has 0 spiro atoms. The summed E-state index contributed by atoms with van der Waals surface area (Å²) < 4.78 is 14.2. The molecular formula is C18H21ClFN5O. The molecule has 1 atom stereocenters. The van der Waals surface area contributed by atoms with Crippen LogP contribution in [0.2, 0.25) is 5.02 Å². The molecule has 0 fully saturated rings. The maximum absolute atomic E-state index is 14.2. The molecular weight excluding hydrogens is 357 g/mol. The van der Waals surface area contributed by atoms with Gasteiger partial charge in [0.15, 0.2) is 17.5 Å². The summed E-state index contributed by atoms with van der Waals surface area (Å²) >= 11 is 6.03. The quantitative estimate of drug-likeness (QED) is 0.513. The molecule has 0 unspecified atom stereocenters. The van der Waals surface area contributed by atoms with Crippen LogP contribution in [0.15, 0.2) is 24.7 Å². The molecule has 0 radical (unpaired) electrons. The molecule has 0 saturated heterocycles. The van der Waals surface area contributed by atoms with Gasteiger partial charge in [0.05, 0.1) is 11.2 Å². The van der Waals surface area contributed by atoms with Crippen LogP contribution in [0.1, 0.15) is 32.6 Å². The molecule has 0 bridgehead atoms. The van der Waals surface area contributed by atoms with E-state index in [0.717, 1.165) is 31.1 Å². The molecule has 3 N–H and O–H groups in total. The fourth-order valence-corrected chi connectivity index (χ4v) is 2.99. The first-order valence-corrected chi connectivity index (χ1v) is 9.03. The highest BCUT2D eigenvalue weighted by Gasteiger charge is 2.15. The molecule has 3 aromatic heterocycles. The van der Waals surface area contributed by atoms with Crippen molar-refractivity contribution >= 4 is 28.5 Å². The number of hydrogen-bond donors (Lipinski definition) is 3. The van der Waals surface area contributed by atoms with Crippen molar-refractivity contribution in [2.24, 2.45) is 0 Å². The molecule has 3 heterocycles. The third-order valence-electron chi connectivity index (χ3n) is 4.28. The number of hydrogen-bond acceptors (Lipinski definition) is 5. The molecule has 6 nitrogen and oxygen atoms in total.